The van der Waals surface area contributed by atoms with Crippen LogP contribution in [-0.2, 0) is 29.2 Å². The summed E-state index contributed by atoms with van der Waals surface area (Å²) in [5.74, 6) is 0.866. The number of aromatic nitrogens is 4. The Kier molecular flexibility index (Phi) is 7.39. The van der Waals surface area contributed by atoms with E-state index in [1.807, 2.05) is 6.07 Å². The van der Waals surface area contributed by atoms with Crippen LogP contribution in [-0.4, -0.2) is 81.3 Å². The number of hydrogen-bond acceptors (Lipinski definition) is 7. The average molecular weight is 414 g/mol. The van der Waals surface area contributed by atoms with Crippen molar-refractivity contribution in [2.24, 2.45) is 0 Å². The number of nitrogens with zero attached hydrogens (tertiary/aromatic N) is 6. The van der Waals surface area contributed by atoms with Crippen LogP contribution in [0, 0.1) is 0 Å². The molecule has 2 fully saturated rings. The van der Waals surface area contributed by atoms with Gasteiger partial charge in [-0.05, 0) is 35.4 Å². The first-order valence-corrected chi connectivity index (χ1v) is 10.9. The first-order valence-electron chi connectivity index (χ1n) is 10.9. The zero-order valence-electron chi connectivity index (χ0n) is 17.4. The van der Waals surface area contributed by atoms with Gasteiger partial charge in [0.2, 0.25) is 5.91 Å². The van der Waals surface area contributed by atoms with Gasteiger partial charge in [-0.3, -0.25) is 14.6 Å². The van der Waals surface area contributed by atoms with Crippen molar-refractivity contribution in [2.75, 3.05) is 39.4 Å². The normalized spacial score (nSPS) is 20.9. The molecule has 0 spiro atoms. The highest BCUT2D eigenvalue weighted by Crippen LogP contribution is 2.14. The van der Waals surface area contributed by atoms with Gasteiger partial charge in [-0.25, -0.2) is 4.68 Å². The highest BCUT2D eigenvalue weighted by Gasteiger charge is 2.22. The highest BCUT2D eigenvalue weighted by molar-refractivity contribution is 5.76. The largest absolute Gasteiger partial charge is 0.379 e. The maximum Gasteiger partial charge on any atom is 0.222 e. The number of nitrogens with one attached hydrogen (secondary N) is 1. The standard InChI is InChI=1S/C21H31N7O2/c29-21(8-10-28-20(23-24-25-28)17-26-11-13-30-14-12-26)22-19-7-4-9-27(16-19)15-18-5-2-1-3-6-18/h1-3,5-6,19H,4,7-17H2,(H,22,29). The lowest BCUT2D eigenvalue weighted by molar-refractivity contribution is -0.122. The van der Waals surface area contributed by atoms with Crippen LogP contribution < -0.4 is 5.32 Å². The number of amides is 1. The number of carbonyl (C=O) groups is 1. The quantitative estimate of drug-likeness (QED) is 0.681. The number of benzene rings is 1. The van der Waals surface area contributed by atoms with Gasteiger partial charge in [0, 0.05) is 38.6 Å². The number of rotatable bonds is 8. The second-order valence-corrected chi connectivity index (χ2v) is 8.08. The number of morpholine rings is 1. The third-order valence-corrected chi connectivity index (χ3v) is 5.75. The van der Waals surface area contributed by atoms with Crippen LogP contribution in [0.25, 0.3) is 0 Å². The lowest BCUT2D eigenvalue weighted by atomic mass is 10.0. The van der Waals surface area contributed by atoms with E-state index < -0.39 is 0 Å². The molecule has 3 heterocycles. The Bertz CT molecular complexity index is 792. The summed E-state index contributed by atoms with van der Waals surface area (Å²) in [6.45, 7) is 7.35. The summed E-state index contributed by atoms with van der Waals surface area (Å²) in [6, 6.07) is 10.7. The van der Waals surface area contributed by atoms with Crippen molar-refractivity contribution < 1.29 is 9.53 Å². The van der Waals surface area contributed by atoms with Gasteiger partial charge in [0.05, 0.1) is 26.3 Å². The first kappa shape index (κ1) is 20.9. The number of carbonyl (C=O) groups excluding carboxylic acids is 1. The van der Waals surface area contributed by atoms with Gasteiger partial charge in [-0.15, -0.1) is 5.10 Å². The second kappa shape index (κ2) is 10.6. The molecule has 30 heavy (non-hydrogen) atoms. The van der Waals surface area contributed by atoms with Crippen molar-refractivity contribution in [3.05, 3.63) is 41.7 Å². The SMILES string of the molecule is O=C(CCn1nnnc1CN1CCOCC1)NC1CCCN(Cc2ccccc2)C1. The summed E-state index contributed by atoms with van der Waals surface area (Å²) in [6.07, 6.45) is 2.52. The first-order chi connectivity index (χ1) is 14.8. The Morgan fingerprint density at radius 3 is 2.77 bits per heavy atom. The maximum absolute atomic E-state index is 12.5. The molecule has 1 aromatic heterocycles. The van der Waals surface area contributed by atoms with E-state index in [0.717, 1.165) is 64.6 Å². The van der Waals surface area contributed by atoms with Gasteiger partial charge in [-0.2, -0.15) is 0 Å². The molecule has 2 aliphatic heterocycles. The zero-order valence-corrected chi connectivity index (χ0v) is 17.4. The molecule has 1 atom stereocenters. The van der Waals surface area contributed by atoms with Crippen molar-refractivity contribution in [3.63, 3.8) is 0 Å². The van der Waals surface area contributed by atoms with E-state index in [2.05, 4.69) is 54.9 Å². The summed E-state index contributed by atoms with van der Waals surface area (Å²) in [5.41, 5.74) is 1.32. The molecule has 0 saturated carbocycles. The molecule has 4 rings (SSSR count). The molecule has 162 valence electrons. The maximum atomic E-state index is 12.5. The average Bonchev–Trinajstić information content (AvgIpc) is 3.21. The zero-order chi connectivity index (χ0) is 20.6. The van der Waals surface area contributed by atoms with Gasteiger partial charge in [0.15, 0.2) is 5.82 Å². The molecule has 0 aliphatic carbocycles. The van der Waals surface area contributed by atoms with Crippen molar-refractivity contribution >= 4 is 5.91 Å². The van der Waals surface area contributed by atoms with Gasteiger partial charge >= 0.3 is 0 Å². The third-order valence-electron chi connectivity index (χ3n) is 5.75. The van der Waals surface area contributed by atoms with Crippen LogP contribution in [0.5, 0.6) is 0 Å². The molecular weight excluding hydrogens is 382 g/mol. The number of hydrogen-bond donors (Lipinski definition) is 1. The highest BCUT2D eigenvalue weighted by atomic mass is 16.5. The Balaban J connectivity index is 1.22. The van der Waals surface area contributed by atoms with E-state index in [1.165, 1.54) is 5.56 Å². The van der Waals surface area contributed by atoms with Crippen molar-refractivity contribution in [2.45, 2.75) is 44.9 Å². The Labute approximate surface area is 177 Å². The topological polar surface area (TPSA) is 88.4 Å². The van der Waals surface area contributed by atoms with E-state index >= 15 is 0 Å². The van der Waals surface area contributed by atoms with Gasteiger partial charge in [0.25, 0.3) is 0 Å². The number of likely N-dealkylation sites (tertiary alicyclic amines) is 1. The van der Waals surface area contributed by atoms with E-state index in [4.69, 9.17) is 4.74 Å². The van der Waals surface area contributed by atoms with E-state index in [-0.39, 0.29) is 11.9 Å². The fraction of sp³-hybridized carbons (Fsp3) is 0.619. The summed E-state index contributed by atoms with van der Waals surface area (Å²) >= 11 is 0. The molecular formula is C21H31N7O2. The molecule has 1 aromatic carbocycles. The van der Waals surface area contributed by atoms with Crippen molar-refractivity contribution in [1.82, 2.24) is 35.3 Å². The molecule has 2 aliphatic rings. The molecule has 1 N–H and O–H groups in total. The smallest absolute Gasteiger partial charge is 0.222 e. The number of ether oxygens (including phenoxy) is 1. The molecule has 0 bridgehead atoms. The molecule has 2 saturated heterocycles. The molecule has 1 amide bonds. The summed E-state index contributed by atoms with van der Waals surface area (Å²) in [4.78, 5) is 17.2. The summed E-state index contributed by atoms with van der Waals surface area (Å²) in [5, 5.41) is 15.2. The molecule has 1 unspecified atom stereocenters. The van der Waals surface area contributed by atoms with E-state index in [0.29, 0.717) is 19.5 Å². The summed E-state index contributed by atoms with van der Waals surface area (Å²) in [7, 11) is 0. The van der Waals surface area contributed by atoms with Crippen LogP contribution >= 0.6 is 0 Å². The second-order valence-electron chi connectivity index (χ2n) is 8.08. The molecule has 0 radical (unpaired) electrons. The van der Waals surface area contributed by atoms with Gasteiger partial charge in [0.1, 0.15) is 0 Å². The monoisotopic (exact) mass is 413 g/mol. The third kappa shape index (κ3) is 6.07. The van der Waals surface area contributed by atoms with Gasteiger partial charge in [-0.1, -0.05) is 30.3 Å². The predicted octanol–water partition coefficient (Wildman–Crippen LogP) is 0.676. The minimum atomic E-state index is 0.0642. The minimum absolute atomic E-state index is 0.0642. The van der Waals surface area contributed by atoms with E-state index in [1.54, 1.807) is 4.68 Å². The Morgan fingerprint density at radius 1 is 1.10 bits per heavy atom. The van der Waals surface area contributed by atoms with Gasteiger partial charge < -0.3 is 10.1 Å². The summed E-state index contributed by atoms with van der Waals surface area (Å²) < 4.78 is 7.13. The fourth-order valence-corrected chi connectivity index (χ4v) is 4.14. The number of piperidine rings is 1. The Hall–Kier alpha value is -2.36. The van der Waals surface area contributed by atoms with Crippen LogP contribution in [0.4, 0.5) is 0 Å². The molecule has 2 aromatic rings. The lowest BCUT2D eigenvalue weighted by Gasteiger charge is -2.33. The van der Waals surface area contributed by atoms with Crippen LogP contribution in [0.15, 0.2) is 30.3 Å². The number of tetrazole rings is 1. The minimum Gasteiger partial charge on any atom is -0.379 e. The number of aryl methyl sites for hydroxylation is 1. The molecule has 9 heteroatoms. The lowest BCUT2D eigenvalue weighted by Crippen LogP contribution is -2.47. The Morgan fingerprint density at radius 2 is 1.93 bits per heavy atom. The van der Waals surface area contributed by atoms with Crippen molar-refractivity contribution in [1.29, 1.82) is 0 Å². The van der Waals surface area contributed by atoms with Crippen LogP contribution in [0.1, 0.15) is 30.7 Å². The van der Waals surface area contributed by atoms with Crippen LogP contribution in [0.3, 0.4) is 0 Å². The van der Waals surface area contributed by atoms with Crippen molar-refractivity contribution in [3.8, 4) is 0 Å². The van der Waals surface area contributed by atoms with Crippen LogP contribution in [0.2, 0.25) is 0 Å². The predicted molar refractivity (Wildman–Crippen MR) is 111 cm³/mol. The van der Waals surface area contributed by atoms with E-state index in [9.17, 15) is 4.79 Å². The molecule has 9 nitrogen and oxygen atoms in total. The fourth-order valence-electron chi connectivity index (χ4n) is 4.14.